The maximum Gasteiger partial charge on any atom is 0.306 e. The van der Waals surface area contributed by atoms with Crippen LogP contribution in [0.5, 0.6) is 0 Å². The third-order valence-corrected chi connectivity index (χ3v) is 2.87. The predicted octanol–water partition coefficient (Wildman–Crippen LogP) is 1.57. The number of aliphatic carboxylic acids is 1. The second-order valence-electron chi connectivity index (χ2n) is 4.73. The van der Waals surface area contributed by atoms with Gasteiger partial charge in [-0.05, 0) is 26.3 Å². The van der Waals surface area contributed by atoms with Crippen molar-refractivity contribution in [2.45, 2.75) is 31.8 Å². The quantitative estimate of drug-likeness (QED) is 0.746. The van der Waals surface area contributed by atoms with Crippen LogP contribution < -0.4 is 5.32 Å². The lowest BCUT2D eigenvalue weighted by Gasteiger charge is -2.30. The third-order valence-electron chi connectivity index (χ3n) is 2.87. The van der Waals surface area contributed by atoms with E-state index >= 15 is 0 Å². The van der Waals surface area contributed by atoms with E-state index in [1.54, 1.807) is 0 Å². The highest BCUT2D eigenvalue weighted by Gasteiger charge is 2.31. The summed E-state index contributed by atoms with van der Waals surface area (Å²) in [5, 5.41) is 21.0. The molecule has 18 heavy (non-hydrogen) atoms. The van der Waals surface area contributed by atoms with Gasteiger partial charge in [0.1, 0.15) is 0 Å². The first-order valence-electron chi connectivity index (χ1n) is 6.18. The Bertz CT molecular complexity index is 359. The first kappa shape index (κ1) is 14.7. The van der Waals surface area contributed by atoms with Crippen LogP contribution in [0, 0.1) is 6.92 Å². The molecule has 0 spiro atoms. The van der Waals surface area contributed by atoms with Crippen molar-refractivity contribution in [2.75, 3.05) is 13.1 Å². The predicted molar refractivity (Wildman–Crippen MR) is 70.5 cm³/mol. The van der Waals surface area contributed by atoms with Crippen molar-refractivity contribution in [1.82, 2.24) is 5.32 Å². The molecule has 0 saturated carbocycles. The minimum Gasteiger partial charge on any atom is -0.481 e. The number of piperidine rings is 1. The van der Waals surface area contributed by atoms with Gasteiger partial charge in [0, 0.05) is 6.54 Å². The molecule has 4 heteroatoms. The second-order valence-corrected chi connectivity index (χ2v) is 4.73. The summed E-state index contributed by atoms with van der Waals surface area (Å²) in [4.78, 5) is 10.3. The van der Waals surface area contributed by atoms with Crippen molar-refractivity contribution >= 4 is 5.97 Å². The Morgan fingerprint density at radius 1 is 1.39 bits per heavy atom. The molecule has 1 aliphatic heterocycles. The first-order chi connectivity index (χ1) is 8.52. The summed E-state index contributed by atoms with van der Waals surface area (Å²) in [6.07, 6.45) is 1.29. The number of carbonyl (C=O) groups is 1. The number of benzene rings is 1. The summed E-state index contributed by atoms with van der Waals surface area (Å²) in [5.74, 6) is -0.934. The molecule has 1 heterocycles. The van der Waals surface area contributed by atoms with E-state index in [9.17, 15) is 9.90 Å². The lowest BCUT2D eigenvalue weighted by Crippen LogP contribution is -2.46. The van der Waals surface area contributed by atoms with Gasteiger partial charge in [-0.1, -0.05) is 35.9 Å². The Kier molecular flexibility index (Phi) is 5.82. The topological polar surface area (TPSA) is 69.6 Å². The van der Waals surface area contributed by atoms with Gasteiger partial charge < -0.3 is 15.5 Å². The van der Waals surface area contributed by atoms with Crippen molar-refractivity contribution < 1.29 is 15.0 Å². The van der Waals surface area contributed by atoms with Crippen LogP contribution in [0.3, 0.4) is 0 Å². The van der Waals surface area contributed by atoms with Gasteiger partial charge >= 0.3 is 5.97 Å². The van der Waals surface area contributed by atoms with Crippen LogP contribution in [0.4, 0.5) is 0 Å². The smallest absolute Gasteiger partial charge is 0.306 e. The summed E-state index contributed by atoms with van der Waals surface area (Å²) in [6.45, 7) is 3.36. The van der Waals surface area contributed by atoms with Crippen molar-refractivity contribution in [3.05, 3.63) is 35.9 Å². The SMILES string of the molecule is Cc1ccccc1.O=C(O)CC1(O)CCCNC1. The average molecular weight is 251 g/mol. The van der Waals surface area contributed by atoms with Crippen LogP contribution in [0.25, 0.3) is 0 Å². The molecule has 100 valence electrons. The highest BCUT2D eigenvalue weighted by atomic mass is 16.4. The third kappa shape index (κ3) is 5.80. The molecule has 1 aromatic carbocycles. The summed E-state index contributed by atoms with van der Waals surface area (Å²) in [6, 6.07) is 10.3. The van der Waals surface area contributed by atoms with Crippen molar-refractivity contribution in [2.24, 2.45) is 0 Å². The lowest BCUT2D eigenvalue weighted by molar-refractivity contribution is -0.143. The molecular formula is C14H21NO3. The van der Waals surface area contributed by atoms with Gasteiger partial charge in [-0.25, -0.2) is 0 Å². The van der Waals surface area contributed by atoms with Gasteiger partial charge in [0.2, 0.25) is 0 Å². The number of hydrogen-bond acceptors (Lipinski definition) is 3. The minimum atomic E-state index is -1.01. The Balaban J connectivity index is 0.000000199. The van der Waals surface area contributed by atoms with Crippen LogP contribution in [-0.2, 0) is 4.79 Å². The molecule has 0 amide bonds. The standard InChI is InChI=1S/C7H13NO3.C7H8/c9-6(10)4-7(11)2-1-3-8-5-7;1-7-5-3-2-4-6-7/h8,11H,1-5H2,(H,9,10);2-6H,1H3. The number of rotatable bonds is 2. The molecule has 0 aliphatic carbocycles. The number of carboxylic acid groups (broad SMARTS) is 1. The molecule has 1 saturated heterocycles. The van der Waals surface area contributed by atoms with E-state index in [-0.39, 0.29) is 6.42 Å². The molecule has 1 unspecified atom stereocenters. The lowest BCUT2D eigenvalue weighted by atomic mass is 9.91. The van der Waals surface area contributed by atoms with Crippen LogP contribution in [0.2, 0.25) is 0 Å². The Morgan fingerprint density at radius 3 is 2.44 bits per heavy atom. The fraction of sp³-hybridized carbons (Fsp3) is 0.500. The van der Waals surface area contributed by atoms with Gasteiger partial charge in [-0.3, -0.25) is 4.79 Å². The van der Waals surface area contributed by atoms with Gasteiger partial charge in [-0.2, -0.15) is 0 Å². The number of nitrogens with one attached hydrogen (secondary N) is 1. The maximum atomic E-state index is 10.3. The minimum absolute atomic E-state index is 0.153. The first-order valence-corrected chi connectivity index (χ1v) is 6.18. The highest BCUT2D eigenvalue weighted by molar-refractivity contribution is 5.68. The molecule has 3 N–H and O–H groups in total. The van der Waals surface area contributed by atoms with E-state index in [4.69, 9.17) is 5.11 Å². The number of aliphatic hydroxyl groups is 1. The van der Waals surface area contributed by atoms with Gasteiger partial charge in [0.05, 0.1) is 12.0 Å². The maximum absolute atomic E-state index is 10.3. The number of aryl methyl sites for hydroxylation is 1. The molecule has 0 aromatic heterocycles. The zero-order chi connectivity index (χ0) is 13.4. The van der Waals surface area contributed by atoms with Crippen molar-refractivity contribution in [1.29, 1.82) is 0 Å². The van der Waals surface area contributed by atoms with E-state index in [0.29, 0.717) is 13.0 Å². The number of hydrogen-bond donors (Lipinski definition) is 3. The Morgan fingerprint density at radius 2 is 2.06 bits per heavy atom. The summed E-state index contributed by atoms with van der Waals surface area (Å²) in [7, 11) is 0. The van der Waals surface area contributed by atoms with Crippen LogP contribution >= 0.6 is 0 Å². The van der Waals surface area contributed by atoms with Crippen LogP contribution in [0.1, 0.15) is 24.8 Å². The normalized spacial score (nSPS) is 22.8. The summed E-state index contributed by atoms with van der Waals surface area (Å²) < 4.78 is 0. The highest BCUT2D eigenvalue weighted by Crippen LogP contribution is 2.19. The van der Waals surface area contributed by atoms with E-state index in [1.807, 2.05) is 18.2 Å². The molecule has 0 bridgehead atoms. The van der Waals surface area contributed by atoms with Crippen molar-refractivity contribution in [3.63, 3.8) is 0 Å². The fourth-order valence-electron chi connectivity index (χ4n) is 1.92. The molecule has 1 atom stereocenters. The van der Waals surface area contributed by atoms with Crippen LogP contribution in [-0.4, -0.2) is 34.9 Å². The molecule has 2 rings (SSSR count). The largest absolute Gasteiger partial charge is 0.481 e. The zero-order valence-electron chi connectivity index (χ0n) is 10.7. The van der Waals surface area contributed by atoms with E-state index in [1.165, 1.54) is 5.56 Å². The Hall–Kier alpha value is -1.39. The fourth-order valence-corrected chi connectivity index (χ4v) is 1.92. The summed E-state index contributed by atoms with van der Waals surface area (Å²) in [5.41, 5.74) is 0.312. The van der Waals surface area contributed by atoms with Gasteiger partial charge in [-0.15, -0.1) is 0 Å². The van der Waals surface area contributed by atoms with E-state index in [2.05, 4.69) is 24.4 Å². The molecular weight excluding hydrogens is 230 g/mol. The average Bonchev–Trinajstić information content (AvgIpc) is 2.30. The number of β-amino-alcohol motifs (C(OH)–C–C–N with tert-alkyl or cyclic N) is 1. The Labute approximate surface area is 108 Å². The zero-order valence-corrected chi connectivity index (χ0v) is 10.7. The monoisotopic (exact) mass is 251 g/mol. The summed E-state index contributed by atoms with van der Waals surface area (Å²) >= 11 is 0. The van der Waals surface area contributed by atoms with Crippen LogP contribution in [0.15, 0.2) is 30.3 Å². The molecule has 0 radical (unpaired) electrons. The molecule has 1 aliphatic rings. The van der Waals surface area contributed by atoms with Gasteiger partial charge in [0.15, 0.2) is 0 Å². The molecule has 1 fully saturated rings. The van der Waals surface area contributed by atoms with Gasteiger partial charge in [0.25, 0.3) is 0 Å². The van der Waals surface area contributed by atoms with E-state index in [0.717, 1.165) is 13.0 Å². The number of carboxylic acids is 1. The molecule has 4 nitrogen and oxygen atoms in total. The van der Waals surface area contributed by atoms with Crippen molar-refractivity contribution in [3.8, 4) is 0 Å². The second kappa shape index (κ2) is 7.13. The van der Waals surface area contributed by atoms with E-state index < -0.39 is 11.6 Å². The molecule has 1 aromatic rings.